The maximum atomic E-state index is 15.4. The number of nitro benzene ring substituents is 1. The van der Waals surface area contributed by atoms with E-state index in [4.69, 9.17) is 4.74 Å². The fourth-order valence-electron chi connectivity index (χ4n) is 10.7. The highest BCUT2D eigenvalue weighted by atomic mass is 32.2. The van der Waals surface area contributed by atoms with Gasteiger partial charge in [-0.1, -0.05) is 63.8 Å². The molecule has 0 bridgehead atoms. The van der Waals surface area contributed by atoms with E-state index in [0.717, 1.165) is 76.5 Å². The fourth-order valence-corrected chi connectivity index (χ4v) is 11.7. The highest BCUT2D eigenvalue weighted by molar-refractivity contribution is 7.90. The van der Waals surface area contributed by atoms with Crippen LogP contribution >= 0.6 is 0 Å². The highest BCUT2D eigenvalue weighted by Crippen LogP contribution is 2.49. The molecule has 3 N–H and O–H groups in total. The van der Waals surface area contributed by atoms with E-state index in [0.29, 0.717) is 41.4 Å². The van der Waals surface area contributed by atoms with Crippen molar-refractivity contribution >= 4 is 44.0 Å². The number of pyridine rings is 1. The van der Waals surface area contributed by atoms with Crippen LogP contribution in [0.3, 0.4) is 0 Å². The summed E-state index contributed by atoms with van der Waals surface area (Å²) in [5.74, 6) is -0.826. The number of carbonyl (C=O) groups is 1. The third-order valence-electron chi connectivity index (χ3n) is 14.1. The first-order chi connectivity index (χ1) is 30.4. The number of carbonyl (C=O) groups excluding carboxylic acids is 1. The summed E-state index contributed by atoms with van der Waals surface area (Å²) in [5.41, 5.74) is 3.91. The number of piperidine rings is 1. The van der Waals surface area contributed by atoms with Crippen LogP contribution in [0.5, 0.6) is 11.5 Å². The van der Waals surface area contributed by atoms with Crippen molar-refractivity contribution in [2.45, 2.75) is 101 Å². The Morgan fingerprint density at radius 3 is 2.51 bits per heavy atom. The third kappa shape index (κ3) is 8.86. The number of amides is 1. The summed E-state index contributed by atoms with van der Waals surface area (Å²) in [5, 5.41) is 15.8. The van der Waals surface area contributed by atoms with Crippen LogP contribution in [0.4, 0.5) is 21.5 Å². The SMILES string of the molecule is CC(C)c1ccccc1[C@H]1CCC[C@H]1N1CC2(CCN(c3ccc(C(=O)NS(=O)(=O)c4ccc(NCC5CCCCC5)c([N+](=O)[O-])c4)c(Oc4cc5cc[nH]c5nc4F)c3)CC2)C1. The summed E-state index contributed by atoms with van der Waals surface area (Å²) in [6.45, 7) is 8.79. The number of ether oxygens (including phenoxy) is 1. The minimum absolute atomic E-state index is 0.0620. The number of benzene rings is 3. The molecule has 4 heterocycles. The van der Waals surface area contributed by atoms with E-state index in [-0.39, 0.29) is 28.2 Å². The van der Waals surface area contributed by atoms with Gasteiger partial charge in [0.25, 0.3) is 27.6 Å². The molecule has 2 saturated carbocycles. The number of sulfonamides is 1. The number of rotatable bonds is 13. The monoisotopic (exact) mass is 877 g/mol. The lowest BCUT2D eigenvalue weighted by atomic mass is 9.70. The highest BCUT2D eigenvalue weighted by Gasteiger charge is 2.49. The number of halogens is 1. The maximum Gasteiger partial charge on any atom is 0.293 e. The van der Waals surface area contributed by atoms with Crippen molar-refractivity contribution < 1.29 is 27.3 Å². The molecule has 1 amide bonds. The van der Waals surface area contributed by atoms with Gasteiger partial charge in [-0.25, -0.2) is 13.1 Å². The summed E-state index contributed by atoms with van der Waals surface area (Å²) in [7, 11) is -4.60. The van der Waals surface area contributed by atoms with Gasteiger partial charge in [0, 0.05) is 68.2 Å². The largest absolute Gasteiger partial charge is 0.452 e. The minimum Gasteiger partial charge on any atom is -0.452 e. The number of hydrogen-bond donors (Lipinski definition) is 3. The zero-order chi connectivity index (χ0) is 43.9. The van der Waals surface area contributed by atoms with Gasteiger partial charge < -0.3 is 19.9 Å². The topological polar surface area (TPSA) is 163 Å². The Hall–Kier alpha value is -5.54. The summed E-state index contributed by atoms with van der Waals surface area (Å²) in [6.07, 6.45) is 12.8. The van der Waals surface area contributed by atoms with Crippen LogP contribution in [0.2, 0.25) is 0 Å². The van der Waals surface area contributed by atoms with Crippen molar-refractivity contribution in [2.75, 3.05) is 42.9 Å². The molecule has 4 fully saturated rings. The van der Waals surface area contributed by atoms with Crippen molar-refractivity contribution in [1.29, 1.82) is 0 Å². The molecule has 2 aliphatic carbocycles. The molecule has 9 rings (SSSR count). The third-order valence-corrected chi connectivity index (χ3v) is 15.5. The molecular formula is C48H56FN7O6S. The Morgan fingerprint density at radius 2 is 1.75 bits per heavy atom. The molecule has 5 aromatic rings. The number of H-pyrrole nitrogens is 1. The average molecular weight is 878 g/mol. The Kier molecular flexibility index (Phi) is 11.9. The zero-order valence-electron chi connectivity index (χ0n) is 35.9. The molecule has 13 nitrogen and oxygen atoms in total. The van der Waals surface area contributed by atoms with Crippen molar-refractivity contribution in [3.63, 3.8) is 0 Å². The van der Waals surface area contributed by atoms with Crippen molar-refractivity contribution in [3.8, 4) is 11.5 Å². The lowest BCUT2D eigenvalue weighted by Gasteiger charge is -2.57. The molecule has 2 saturated heterocycles. The van der Waals surface area contributed by atoms with E-state index in [1.807, 2.05) is 0 Å². The molecule has 3 aromatic carbocycles. The molecule has 15 heteroatoms. The number of aromatic amines is 1. The van der Waals surface area contributed by atoms with Crippen molar-refractivity contribution in [2.24, 2.45) is 11.3 Å². The van der Waals surface area contributed by atoms with Crippen LogP contribution in [0.15, 0.2) is 83.9 Å². The number of aromatic nitrogens is 2. The Labute approximate surface area is 368 Å². The van der Waals surface area contributed by atoms with Gasteiger partial charge in [0.05, 0.1) is 15.4 Å². The number of nitro groups is 1. The van der Waals surface area contributed by atoms with E-state index in [1.165, 1.54) is 61.1 Å². The molecular weight excluding hydrogens is 822 g/mol. The zero-order valence-corrected chi connectivity index (χ0v) is 36.8. The normalized spacial score (nSPS) is 20.5. The fraction of sp³-hybridized carbons (Fsp3) is 0.458. The molecule has 2 aromatic heterocycles. The summed E-state index contributed by atoms with van der Waals surface area (Å²) in [4.78, 5) is 36.7. The lowest BCUT2D eigenvalue weighted by Crippen LogP contribution is -2.63. The maximum absolute atomic E-state index is 15.4. The summed E-state index contributed by atoms with van der Waals surface area (Å²) in [6, 6.07) is 21.1. The lowest BCUT2D eigenvalue weighted by molar-refractivity contribution is -0.384. The second-order valence-electron chi connectivity index (χ2n) is 18.5. The Bertz CT molecular complexity index is 2610. The standard InChI is InChI=1S/C48H56FN7O6S/c1-31(2)36-11-6-7-12-37(36)38-13-8-14-41(38)55-29-48(30-55)20-23-54(24-21-48)34-15-17-39(43(26-34)62-44-25-33-19-22-50-46(33)52-45(44)49)47(57)53-63(60,61)35-16-18-40(42(27-35)56(58)59)51-28-32-9-4-3-5-10-32/h6-7,11-12,15-19,22,25-27,31-32,38,41,51H,3-5,8-10,13-14,20-21,23-24,28-30H2,1-2H3,(H,50,52)(H,53,57)/t38-,41-/m1/s1. The number of nitrogens with zero attached hydrogens (tertiary/aromatic N) is 4. The summed E-state index contributed by atoms with van der Waals surface area (Å²) >= 11 is 0. The van der Waals surface area contributed by atoms with Crippen LogP contribution in [-0.4, -0.2) is 72.9 Å². The van der Waals surface area contributed by atoms with Crippen LogP contribution in [0, 0.1) is 27.4 Å². The van der Waals surface area contributed by atoms with Gasteiger partial charge in [-0.05, 0) is 109 Å². The van der Waals surface area contributed by atoms with Gasteiger partial charge in [-0.3, -0.25) is 19.8 Å². The van der Waals surface area contributed by atoms with Gasteiger partial charge in [0.2, 0.25) is 0 Å². The minimum atomic E-state index is -4.60. The van der Waals surface area contributed by atoms with Crippen LogP contribution in [0.25, 0.3) is 11.0 Å². The first-order valence-corrected chi connectivity index (χ1v) is 24.0. The van der Waals surface area contributed by atoms with Crippen LogP contribution in [0.1, 0.15) is 111 Å². The molecule has 0 unspecified atom stereocenters. The quantitative estimate of drug-likeness (QED) is 0.0590. The van der Waals surface area contributed by atoms with E-state index in [2.05, 4.69) is 67.9 Å². The van der Waals surface area contributed by atoms with Crippen LogP contribution in [-0.2, 0) is 10.0 Å². The molecule has 63 heavy (non-hydrogen) atoms. The number of likely N-dealkylation sites (tertiary alicyclic amines) is 1. The van der Waals surface area contributed by atoms with Crippen molar-refractivity contribution in [3.05, 3.63) is 112 Å². The molecule has 4 aliphatic rings. The number of nitrogens with one attached hydrogen (secondary N) is 3. The van der Waals surface area contributed by atoms with E-state index < -0.39 is 37.4 Å². The average Bonchev–Trinajstić information content (AvgIpc) is 3.95. The van der Waals surface area contributed by atoms with Gasteiger partial charge in [0.1, 0.15) is 17.1 Å². The van der Waals surface area contributed by atoms with E-state index in [9.17, 15) is 23.3 Å². The van der Waals surface area contributed by atoms with Crippen LogP contribution < -0.4 is 19.7 Å². The first kappa shape index (κ1) is 42.7. The van der Waals surface area contributed by atoms with Crippen molar-refractivity contribution in [1.82, 2.24) is 19.6 Å². The smallest absolute Gasteiger partial charge is 0.293 e. The molecule has 1 spiro atoms. The molecule has 2 atom stereocenters. The number of hydrogen-bond acceptors (Lipinski definition) is 10. The number of fused-ring (bicyclic) bond motifs is 1. The van der Waals surface area contributed by atoms with Gasteiger partial charge in [0.15, 0.2) is 5.75 Å². The first-order valence-electron chi connectivity index (χ1n) is 22.5. The predicted octanol–water partition coefficient (Wildman–Crippen LogP) is 9.88. The Balaban J connectivity index is 0.916. The summed E-state index contributed by atoms with van der Waals surface area (Å²) < 4.78 is 51.0. The second kappa shape index (κ2) is 17.6. The number of anilines is 2. The van der Waals surface area contributed by atoms with Gasteiger partial charge >= 0.3 is 0 Å². The second-order valence-corrected chi connectivity index (χ2v) is 20.2. The van der Waals surface area contributed by atoms with Gasteiger partial charge in [-0.2, -0.15) is 9.37 Å². The molecule has 2 aliphatic heterocycles. The van der Waals surface area contributed by atoms with E-state index >= 15 is 4.39 Å². The molecule has 332 valence electrons. The molecule has 0 radical (unpaired) electrons. The van der Waals surface area contributed by atoms with E-state index in [1.54, 1.807) is 24.4 Å². The van der Waals surface area contributed by atoms with Gasteiger partial charge in [-0.15, -0.1) is 0 Å². The predicted molar refractivity (Wildman–Crippen MR) is 242 cm³/mol. The Morgan fingerprint density at radius 1 is 0.968 bits per heavy atom.